The normalized spacial score (nSPS) is 19.8. The molecule has 0 unspecified atom stereocenters. The van der Waals surface area contributed by atoms with Crippen LogP contribution >= 0.6 is 0 Å². The molecule has 7 nitrogen and oxygen atoms in total. The largest absolute Gasteiger partial charge is 0.413 e. The van der Waals surface area contributed by atoms with E-state index in [0.29, 0.717) is 6.42 Å². The number of hydrogen-bond acceptors (Lipinski definition) is 5. The van der Waals surface area contributed by atoms with E-state index in [-0.39, 0.29) is 39.8 Å². The molecule has 2 aromatic rings. The van der Waals surface area contributed by atoms with Crippen LogP contribution in [0, 0.1) is 18.8 Å². The van der Waals surface area contributed by atoms with Gasteiger partial charge in [0.1, 0.15) is 0 Å². The zero-order chi connectivity index (χ0) is 28.5. The Labute approximate surface area is 228 Å². The molecule has 0 aromatic heterocycles. The fourth-order valence-electron chi connectivity index (χ4n) is 4.60. The Morgan fingerprint density at radius 1 is 1.11 bits per heavy atom. The molecule has 9 heteroatoms. The second-order valence-corrected chi connectivity index (χ2v) is 18.4. The smallest absolute Gasteiger partial charge is 0.241 e. The molecule has 1 aliphatic heterocycles. The van der Waals surface area contributed by atoms with E-state index < -0.39 is 36.2 Å². The maximum absolute atomic E-state index is 13.7. The molecule has 2 N–H and O–H groups in total. The zero-order valence-corrected chi connectivity index (χ0v) is 25.6. The van der Waals surface area contributed by atoms with Crippen LogP contribution < -0.4 is 10.0 Å². The van der Waals surface area contributed by atoms with Crippen LogP contribution in [0.5, 0.6) is 0 Å². The number of amides is 1. The second-order valence-electron chi connectivity index (χ2n) is 11.9. The third-order valence-corrected chi connectivity index (χ3v) is 14.1. The van der Waals surface area contributed by atoms with Crippen LogP contribution in [0.1, 0.15) is 56.1 Å². The van der Waals surface area contributed by atoms with E-state index in [1.807, 2.05) is 44.2 Å². The topological polar surface area (TPSA) is 102 Å². The standard InChI is InChI=1S/C29H42N2O5SSi/c1-19-14-15-24(37(34,35)30-17-16-22-12-10-9-11-13-22)23(18-19)27(32)20(2)26-25(28(33)31-26)21(3)36-38(7,8)29(4,5)6/h9-15,18,20-21,25-26,30H,16-17H2,1-8H3,(H,31,33)/t20-,21-,25-,26-/m1/s1. The Kier molecular flexibility index (Phi) is 9.08. The minimum atomic E-state index is -3.93. The van der Waals surface area contributed by atoms with Gasteiger partial charge in [0.25, 0.3) is 0 Å². The maximum atomic E-state index is 13.7. The van der Waals surface area contributed by atoms with Crippen molar-refractivity contribution in [2.75, 3.05) is 6.54 Å². The van der Waals surface area contributed by atoms with Gasteiger partial charge in [-0.3, -0.25) is 9.59 Å². The van der Waals surface area contributed by atoms with Gasteiger partial charge in [-0.2, -0.15) is 0 Å². The molecule has 1 heterocycles. The van der Waals surface area contributed by atoms with Gasteiger partial charge in [0.05, 0.1) is 23.0 Å². The van der Waals surface area contributed by atoms with Gasteiger partial charge in [0.2, 0.25) is 15.9 Å². The van der Waals surface area contributed by atoms with Crippen LogP contribution in [0.4, 0.5) is 0 Å². The highest BCUT2D eigenvalue weighted by atomic mass is 32.2. The highest BCUT2D eigenvalue weighted by Crippen LogP contribution is 2.40. The molecule has 0 bridgehead atoms. The quantitative estimate of drug-likeness (QED) is 0.233. The van der Waals surface area contributed by atoms with Crippen molar-refractivity contribution in [2.24, 2.45) is 11.8 Å². The summed E-state index contributed by atoms with van der Waals surface area (Å²) in [7, 11) is -6.06. The SMILES string of the molecule is Cc1ccc(S(=O)(=O)NCCc2ccccc2)c(C(=O)[C@H](C)[C@H]2NC(=O)[C@@H]2[C@@H](C)O[Si](C)(C)C(C)(C)C)c1. The second kappa shape index (κ2) is 11.4. The van der Waals surface area contributed by atoms with Gasteiger partial charge in [-0.1, -0.05) is 69.7 Å². The van der Waals surface area contributed by atoms with E-state index in [1.54, 1.807) is 19.1 Å². The molecule has 1 amide bonds. The predicted molar refractivity (Wildman–Crippen MR) is 153 cm³/mol. The fraction of sp³-hybridized carbons (Fsp3) is 0.517. The third-order valence-electron chi connectivity index (χ3n) is 7.98. The summed E-state index contributed by atoms with van der Waals surface area (Å²) >= 11 is 0. The predicted octanol–water partition coefficient (Wildman–Crippen LogP) is 4.86. The van der Waals surface area contributed by atoms with E-state index >= 15 is 0 Å². The molecule has 0 saturated carbocycles. The lowest BCUT2D eigenvalue weighted by molar-refractivity contribution is -0.141. The first-order chi connectivity index (χ1) is 17.5. The van der Waals surface area contributed by atoms with Crippen molar-refractivity contribution in [3.63, 3.8) is 0 Å². The number of hydrogen-bond donors (Lipinski definition) is 2. The molecular formula is C29H42N2O5SSi. The Hall–Kier alpha value is -2.33. The Balaban J connectivity index is 1.79. The number of nitrogens with one attached hydrogen (secondary N) is 2. The van der Waals surface area contributed by atoms with Crippen molar-refractivity contribution in [1.82, 2.24) is 10.0 Å². The summed E-state index contributed by atoms with van der Waals surface area (Å²) in [6.07, 6.45) is 0.179. The number of carbonyl (C=O) groups excluding carboxylic acids is 2. The van der Waals surface area contributed by atoms with E-state index in [9.17, 15) is 18.0 Å². The first-order valence-electron chi connectivity index (χ1n) is 13.2. The molecule has 3 rings (SSSR count). The lowest BCUT2D eigenvalue weighted by atomic mass is 9.76. The number of β-lactam (4-membered cyclic amide) rings is 1. The number of sulfonamides is 1. The van der Waals surface area contributed by atoms with E-state index in [0.717, 1.165) is 11.1 Å². The average Bonchev–Trinajstić information content (AvgIpc) is 2.80. The third kappa shape index (κ3) is 6.62. The molecule has 1 fully saturated rings. The zero-order valence-electron chi connectivity index (χ0n) is 23.8. The summed E-state index contributed by atoms with van der Waals surface area (Å²) in [4.78, 5) is 26.3. The summed E-state index contributed by atoms with van der Waals surface area (Å²) in [5.74, 6) is -1.55. The number of Topliss-reactive ketones (excluding diaryl/α,β-unsaturated/α-hetero) is 1. The molecule has 38 heavy (non-hydrogen) atoms. The lowest BCUT2D eigenvalue weighted by Crippen LogP contribution is -2.66. The number of aryl methyl sites for hydroxylation is 1. The average molecular weight is 559 g/mol. The Morgan fingerprint density at radius 2 is 1.74 bits per heavy atom. The maximum Gasteiger partial charge on any atom is 0.241 e. The van der Waals surface area contributed by atoms with Crippen molar-refractivity contribution < 1.29 is 22.4 Å². The summed E-state index contributed by atoms with van der Waals surface area (Å²) in [6.45, 7) is 16.4. The van der Waals surface area contributed by atoms with Gasteiger partial charge in [-0.05, 0) is 56.1 Å². The monoisotopic (exact) mass is 558 g/mol. The summed E-state index contributed by atoms with van der Waals surface area (Å²) in [5, 5.41) is 2.87. The van der Waals surface area contributed by atoms with Gasteiger partial charge in [-0.15, -0.1) is 0 Å². The summed E-state index contributed by atoms with van der Waals surface area (Å²) in [6, 6.07) is 14.0. The Morgan fingerprint density at radius 3 is 2.32 bits per heavy atom. The number of carbonyl (C=O) groups is 2. The van der Waals surface area contributed by atoms with Gasteiger partial charge in [0, 0.05) is 18.0 Å². The first-order valence-corrected chi connectivity index (χ1v) is 17.6. The molecule has 0 radical (unpaired) electrons. The Bertz CT molecular complexity index is 1270. The van der Waals surface area contributed by atoms with Crippen molar-refractivity contribution >= 4 is 30.0 Å². The molecule has 1 saturated heterocycles. The van der Waals surface area contributed by atoms with Gasteiger partial charge < -0.3 is 9.74 Å². The molecule has 0 aliphatic carbocycles. The van der Waals surface area contributed by atoms with E-state index in [1.165, 1.54) is 6.07 Å². The van der Waals surface area contributed by atoms with Crippen molar-refractivity contribution in [1.29, 1.82) is 0 Å². The lowest BCUT2D eigenvalue weighted by Gasteiger charge is -2.47. The molecule has 2 aromatic carbocycles. The highest BCUT2D eigenvalue weighted by Gasteiger charge is 2.50. The van der Waals surface area contributed by atoms with Crippen molar-refractivity contribution in [3.05, 3.63) is 65.2 Å². The van der Waals surface area contributed by atoms with Crippen molar-refractivity contribution in [3.8, 4) is 0 Å². The highest BCUT2D eigenvalue weighted by molar-refractivity contribution is 7.89. The molecule has 0 spiro atoms. The molecular weight excluding hydrogens is 516 g/mol. The van der Waals surface area contributed by atoms with Crippen LogP contribution in [0.15, 0.2) is 53.4 Å². The van der Waals surface area contributed by atoms with Gasteiger partial charge >= 0.3 is 0 Å². The number of rotatable bonds is 11. The number of benzene rings is 2. The number of ketones is 1. The van der Waals surface area contributed by atoms with Crippen LogP contribution in [-0.4, -0.2) is 47.1 Å². The van der Waals surface area contributed by atoms with Crippen LogP contribution in [0.25, 0.3) is 0 Å². The molecule has 1 aliphatic rings. The first kappa shape index (κ1) is 30.2. The van der Waals surface area contributed by atoms with Gasteiger partial charge in [0.15, 0.2) is 14.1 Å². The summed E-state index contributed by atoms with van der Waals surface area (Å²) in [5.41, 5.74) is 1.94. The van der Waals surface area contributed by atoms with Crippen LogP contribution in [0.3, 0.4) is 0 Å². The fourth-order valence-corrected chi connectivity index (χ4v) is 7.26. The van der Waals surface area contributed by atoms with Gasteiger partial charge in [-0.25, -0.2) is 13.1 Å². The van der Waals surface area contributed by atoms with Crippen molar-refractivity contribution in [2.45, 2.75) is 83.1 Å². The van der Waals surface area contributed by atoms with Crippen LogP contribution in [-0.2, 0) is 25.7 Å². The van der Waals surface area contributed by atoms with E-state index in [4.69, 9.17) is 4.43 Å². The minimum Gasteiger partial charge on any atom is -0.413 e. The minimum absolute atomic E-state index is 0.0171. The van der Waals surface area contributed by atoms with E-state index in [2.05, 4.69) is 43.9 Å². The molecule has 208 valence electrons. The van der Waals surface area contributed by atoms with Crippen LogP contribution in [0.2, 0.25) is 18.1 Å². The summed E-state index contributed by atoms with van der Waals surface area (Å²) < 4.78 is 35.6. The molecule has 4 atom stereocenters.